The molecule has 0 unspecified atom stereocenters. The number of H-pyrrole nitrogens is 1. The Morgan fingerprint density at radius 2 is 2.08 bits per heavy atom. The number of nitrogens with zero attached hydrogens (tertiary/aromatic N) is 1. The molecule has 0 bridgehead atoms. The highest BCUT2D eigenvalue weighted by molar-refractivity contribution is 6.31. The van der Waals surface area contributed by atoms with Crippen LogP contribution in [0.4, 0.5) is 0 Å². The number of rotatable bonds is 3. The van der Waals surface area contributed by atoms with E-state index < -0.39 is 5.41 Å². The summed E-state index contributed by atoms with van der Waals surface area (Å²) in [6.45, 7) is 7.23. The molecule has 1 aliphatic rings. The van der Waals surface area contributed by atoms with Crippen molar-refractivity contribution in [3.05, 3.63) is 34.5 Å². The molecule has 0 radical (unpaired) electrons. The third kappa shape index (κ3) is 3.82. The molecule has 0 aliphatic carbocycles. The van der Waals surface area contributed by atoms with Crippen molar-refractivity contribution >= 4 is 34.3 Å². The molecule has 0 saturated carbocycles. The van der Waals surface area contributed by atoms with E-state index >= 15 is 0 Å². The lowest BCUT2D eigenvalue weighted by Crippen LogP contribution is -2.40. The van der Waals surface area contributed by atoms with Gasteiger partial charge in [-0.05, 0) is 18.2 Å². The highest BCUT2D eigenvalue weighted by Crippen LogP contribution is 2.29. The largest absolute Gasteiger partial charge is 0.358 e. The second kappa shape index (κ2) is 6.71. The predicted molar refractivity (Wildman–Crippen MR) is 99.5 cm³/mol. The van der Waals surface area contributed by atoms with Gasteiger partial charge in [-0.2, -0.15) is 0 Å². The molecule has 134 valence electrons. The second-order valence-electron chi connectivity index (χ2n) is 7.59. The van der Waals surface area contributed by atoms with Gasteiger partial charge in [0, 0.05) is 65.1 Å². The van der Waals surface area contributed by atoms with E-state index in [1.54, 1.807) is 0 Å². The van der Waals surface area contributed by atoms with Crippen LogP contribution in [-0.4, -0.2) is 34.8 Å². The fraction of sp³-hybridized carbons (Fsp3) is 0.474. The molecule has 2 amide bonds. The molecule has 2 heterocycles. The van der Waals surface area contributed by atoms with E-state index in [1.807, 2.05) is 43.9 Å². The number of halogens is 1. The van der Waals surface area contributed by atoms with Gasteiger partial charge >= 0.3 is 0 Å². The van der Waals surface area contributed by atoms with E-state index in [4.69, 9.17) is 11.6 Å². The molecule has 1 aliphatic heterocycles. The predicted octanol–water partition coefficient (Wildman–Crippen LogP) is 3.26. The topological polar surface area (TPSA) is 65.2 Å². The van der Waals surface area contributed by atoms with Gasteiger partial charge in [0.1, 0.15) is 0 Å². The molecule has 2 aromatic rings. The van der Waals surface area contributed by atoms with Gasteiger partial charge in [-0.25, -0.2) is 0 Å². The molecule has 0 atom stereocenters. The summed E-state index contributed by atoms with van der Waals surface area (Å²) < 4.78 is 0. The lowest BCUT2D eigenvalue weighted by atomic mass is 9.96. The minimum Gasteiger partial charge on any atom is -0.358 e. The summed E-state index contributed by atoms with van der Waals surface area (Å²) in [4.78, 5) is 29.7. The molecule has 3 rings (SSSR count). The summed E-state index contributed by atoms with van der Waals surface area (Å²) in [5.41, 5.74) is 2.95. The SMILES string of the molecule is CC(C)(C)C(=O)NCCC(=O)N1CCc2[nH]c3ccc(Cl)cc3c2C1. The van der Waals surface area contributed by atoms with E-state index in [2.05, 4.69) is 10.3 Å². The smallest absolute Gasteiger partial charge is 0.225 e. The van der Waals surface area contributed by atoms with Crippen LogP contribution in [0.25, 0.3) is 10.9 Å². The molecule has 6 heteroatoms. The van der Waals surface area contributed by atoms with Crippen LogP contribution in [0.5, 0.6) is 0 Å². The Bertz CT molecular complexity index is 820. The zero-order chi connectivity index (χ0) is 18.2. The van der Waals surface area contributed by atoms with E-state index in [0.717, 1.165) is 22.9 Å². The first kappa shape index (κ1) is 17.8. The third-order valence-corrected chi connectivity index (χ3v) is 4.83. The molecular weight excluding hydrogens is 338 g/mol. The molecule has 0 saturated heterocycles. The Hall–Kier alpha value is -2.01. The van der Waals surface area contributed by atoms with E-state index in [0.29, 0.717) is 31.1 Å². The fourth-order valence-corrected chi connectivity index (χ4v) is 3.28. The van der Waals surface area contributed by atoms with Gasteiger partial charge < -0.3 is 15.2 Å². The Morgan fingerprint density at radius 1 is 1.32 bits per heavy atom. The Labute approximate surface area is 152 Å². The van der Waals surface area contributed by atoms with E-state index in [9.17, 15) is 9.59 Å². The summed E-state index contributed by atoms with van der Waals surface area (Å²) in [6, 6.07) is 5.79. The van der Waals surface area contributed by atoms with Gasteiger partial charge in [-0.1, -0.05) is 32.4 Å². The first-order valence-corrected chi connectivity index (χ1v) is 8.98. The lowest BCUT2D eigenvalue weighted by Gasteiger charge is -2.27. The van der Waals surface area contributed by atoms with Gasteiger partial charge in [0.05, 0.1) is 0 Å². The summed E-state index contributed by atoms with van der Waals surface area (Å²) in [7, 11) is 0. The monoisotopic (exact) mass is 361 g/mol. The van der Waals surface area contributed by atoms with Crippen LogP contribution in [0.3, 0.4) is 0 Å². The summed E-state index contributed by atoms with van der Waals surface area (Å²) >= 11 is 6.12. The minimum atomic E-state index is -0.438. The number of carbonyl (C=O) groups is 2. The van der Waals surface area contributed by atoms with Gasteiger partial charge in [0.2, 0.25) is 11.8 Å². The molecule has 0 spiro atoms. The van der Waals surface area contributed by atoms with Crippen molar-refractivity contribution in [3.8, 4) is 0 Å². The standard InChI is InChI=1S/C19H24ClN3O2/c1-19(2,3)18(25)21-8-6-17(24)23-9-7-16-14(11-23)13-10-12(20)4-5-15(13)22-16/h4-5,10,22H,6-9,11H2,1-3H3,(H,21,25). The Morgan fingerprint density at radius 3 is 2.80 bits per heavy atom. The maximum atomic E-state index is 12.5. The Kier molecular flexibility index (Phi) is 4.78. The number of benzene rings is 1. The van der Waals surface area contributed by atoms with E-state index in [-0.39, 0.29) is 11.8 Å². The number of nitrogens with one attached hydrogen (secondary N) is 2. The number of carbonyl (C=O) groups excluding carboxylic acids is 2. The number of aromatic amines is 1. The third-order valence-electron chi connectivity index (χ3n) is 4.60. The van der Waals surface area contributed by atoms with Gasteiger partial charge in [-0.3, -0.25) is 9.59 Å². The van der Waals surface area contributed by atoms with E-state index in [1.165, 1.54) is 5.69 Å². The maximum Gasteiger partial charge on any atom is 0.225 e. The van der Waals surface area contributed by atoms with Gasteiger partial charge in [0.15, 0.2) is 0 Å². The number of aromatic nitrogens is 1. The van der Waals surface area contributed by atoms with Crippen molar-refractivity contribution in [3.63, 3.8) is 0 Å². The van der Waals surface area contributed by atoms with Crippen LogP contribution < -0.4 is 5.32 Å². The normalized spacial score (nSPS) is 14.5. The van der Waals surface area contributed by atoms with Crippen LogP contribution in [-0.2, 0) is 22.6 Å². The average Bonchev–Trinajstić information content (AvgIpc) is 2.90. The Balaban J connectivity index is 1.64. The van der Waals surface area contributed by atoms with Gasteiger partial charge in [0.25, 0.3) is 0 Å². The molecule has 2 N–H and O–H groups in total. The first-order valence-electron chi connectivity index (χ1n) is 8.61. The number of hydrogen-bond acceptors (Lipinski definition) is 2. The average molecular weight is 362 g/mol. The van der Waals surface area contributed by atoms with Crippen molar-refractivity contribution in [2.24, 2.45) is 5.41 Å². The highest BCUT2D eigenvalue weighted by Gasteiger charge is 2.25. The quantitative estimate of drug-likeness (QED) is 0.881. The number of amides is 2. The minimum absolute atomic E-state index is 0.0347. The number of fused-ring (bicyclic) bond motifs is 3. The zero-order valence-electron chi connectivity index (χ0n) is 14.9. The number of hydrogen-bond donors (Lipinski definition) is 2. The van der Waals surface area contributed by atoms with Crippen LogP contribution >= 0.6 is 11.6 Å². The van der Waals surface area contributed by atoms with Crippen LogP contribution in [0.15, 0.2) is 18.2 Å². The van der Waals surface area contributed by atoms with Crippen molar-refractivity contribution in [2.45, 2.75) is 40.2 Å². The van der Waals surface area contributed by atoms with Crippen LogP contribution in [0, 0.1) is 5.41 Å². The van der Waals surface area contributed by atoms with Crippen molar-refractivity contribution in [1.29, 1.82) is 0 Å². The summed E-state index contributed by atoms with van der Waals surface area (Å²) in [6.07, 6.45) is 1.13. The summed E-state index contributed by atoms with van der Waals surface area (Å²) in [5.74, 6) is 0.0312. The van der Waals surface area contributed by atoms with Gasteiger partial charge in [-0.15, -0.1) is 0 Å². The van der Waals surface area contributed by atoms with Crippen LogP contribution in [0.2, 0.25) is 5.02 Å². The first-order chi connectivity index (χ1) is 11.8. The fourth-order valence-electron chi connectivity index (χ4n) is 3.11. The zero-order valence-corrected chi connectivity index (χ0v) is 15.7. The molecule has 1 aromatic carbocycles. The maximum absolute atomic E-state index is 12.5. The highest BCUT2D eigenvalue weighted by atomic mass is 35.5. The summed E-state index contributed by atoms with van der Waals surface area (Å²) in [5, 5.41) is 4.61. The van der Waals surface area contributed by atoms with Crippen molar-refractivity contribution in [1.82, 2.24) is 15.2 Å². The van der Waals surface area contributed by atoms with Crippen molar-refractivity contribution < 1.29 is 9.59 Å². The second-order valence-corrected chi connectivity index (χ2v) is 8.03. The molecule has 25 heavy (non-hydrogen) atoms. The molecule has 0 fully saturated rings. The lowest BCUT2D eigenvalue weighted by molar-refractivity contribution is -0.132. The van der Waals surface area contributed by atoms with Crippen molar-refractivity contribution in [2.75, 3.05) is 13.1 Å². The molecular formula is C19H24ClN3O2. The molecule has 1 aromatic heterocycles. The molecule has 5 nitrogen and oxygen atoms in total. The van der Waals surface area contributed by atoms with Crippen LogP contribution in [0.1, 0.15) is 38.4 Å².